The lowest BCUT2D eigenvalue weighted by Crippen LogP contribution is -2.48. The number of aliphatic hydroxyl groups excluding tert-OH is 4. The van der Waals surface area contributed by atoms with Crippen molar-refractivity contribution in [3.05, 3.63) is 106 Å². The number of carbonyl (C=O) groups is 2. The molecule has 7 N–H and O–H groups in total. The third kappa shape index (κ3) is 29.6. The Labute approximate surface area is 673 Å². The minimum Gasteiger partial charge on any atom is -0.504 e. The molecule has 9 atom stereocenters. The molecule has 5 aromatic rings. The maximum absolute atomic E-state index is 12.5. The molecule has 0 amide bonds. The molecular weight excluding hydrogens is 1810 g/mol. The van der Waals surface area contributed by atoms with Crippen LogP contribution in [0.5, 0.6) is 28.7 Å². The van der Waals surface area contributed by atoms with Gasteiger partial charge in [-0.25, -0.2) is 47.0 Å². The molecule has 7 rings (SSSR count). The van der Waals surface area contributed by atoms with E-state index in [0.29, 0.717) is 94.0 Å². The van der Waals surface area contributed by atoms with Gasteiger partial charge in [0, 0.05) is 24.5 Å². The number of nitrogens with one attached hydrogen (secondary N) is 2. The van der Waals surface area contributed by atoms with Crippen molar-refractivity contribution in [2.45, 2.75) is 237 Å². The molecule has 576 valence electrons. The predicted molar refractivity (Wildman–Crippen MR) is 441 cm³/mol. The third-order valence-electron chi connectivity index (χ3n) is 13.8. The molecule has 2 aliphatic heterocycles. The summed E-state index contributed by atoms with van der Waals surface area (Å²) < 4.78 is 71.1. The average Bonchev–Trinajstić information content (AvgIpc) is 1.62. The van der Waals surface area contributed by atoms with Crippen molar-refractivity contribution < 1.29 is 66.7 Å². The van der Waals surface area contributed by atoms with Crippen LogP contribution in [0.3, 0.4) is 0 Å². The number of aromatic hydroxyl groups is 1. The van der Waals surface area contributed by atoms with Crippen LogP contribution in [0.15, 0.2) is 34.7 Å². The fourth-order valence-corrected chi connectivity index (χ4v) is 14.1. The van der Waals surface area contributed by atoms with Crippen LogP contribution in [-0.4, -0.2) is 121 Å². The molecule has 0 aliphatic carbocycles. The summed E-state index contributed by atoms with van der Waals surface area (Å²) in [5.74, 6) is 1.59. The summed E-state index contributed by atoms with van der Waals surface area (Å²) in [6, 6.07) is 8.47. The molecule has 0 fully saturated rings. The number of nitrogens with zero attached hydrogens (tertiary/aromatic N) is 6. The van der Waals surface area contributed by atoms with Gasteiger partial charge in [-0.15, -0.1) is 0 Å². The van der Waals surface area contributed by atoms with Gasteiger partial charge in [0.05, 0.1) is 111 Å². The van der Waals surface area contributed by atoms with Crippen molar-refractivity contribution in [1.29, 1.82) is 0 Å². The summed E-state index contributed by atoms with van der Waals surface area (Å²) in [7, 11) is -3.85. The van der Waals surface area contributed by atoms with Crippen LogP contribution in [0.1, 0.15) is 256 Å². The number of aromatic nitrogens is 5. The first kappa shape index (κ1) is 103. The summed E-state index contributed by atoms with van der Waals surface area (Å²) in [5, 5.41) is 47.9. The number of fused-ring (bicyclic) bond motifs is 2. The number of halogens is 8. The van der Waals surface area contributed by atoms with E-state index >= 15 is 0 Å². The van der Waals surface area contributed by atoms with Crippen molar-refractivity contribution in [1.82, 2.24) is 34.4 Å². The Morgan fingerprint density at radius 3 is 1.23 bits per heavy atom. The number of rotatable bonds is 20. The summed E-state index contributed by atoms with van der Waals surface area (Å²) in [6.45, 7) is 33.5. The van der Waals surface area contributed by atoms with Gasteiger partial charge >= 0.3 is 0 Å². The van der Waals surface area contributed by atoms with Gasteiger partial charge in [0.1, 0.15) is 43.1 Å². The topological polar surface area (TPSA) is 324 Å². The Hall–Kier alpha value is -2.39. The molecule has 0 saturated heterocycles. The molecule has 33 heteroatoms. The van der Waals surface area contributed by atoms with Gasteiger partial charge in [-0.05, 0) is 207 Å². The number of aliphatic hydroxyl groups is 4. The highest BCUT2D eigenvalue weighted by molar-refractivity contribution is 14.1. The quantitative estimate of drug-likeness (QED) is 0.0165. The first-order chi connectivity index (χ1) is 44.2. The minimum atomic E-state index is -1.32. The molecule has 2 aliphatic rings. The van der Waals surface area contributed by atoms with Crippen LogP contribution in [0.25, 0.3) is 0 Å². The van der Waals surface area contributed by atoms with E-state index in [2.05, 4.69) is 61.4 Å². The van der Waals surface area contributed by atoms with Crippen LogP contribution in [-0.2, 0) is 48.8 Å². The summed E-state index contributed by atoms with van der Waals surface area (Å²) in [4.78, 5) is 42.9. The summed E-state index contributed by atoms with van der Waals surface area (Å²) >= 11 is 36.0. The average molecular weight is 1910 g/mol. The maximum Gasteiger partial charge on any atom is 0.178 e. The van der Waals surface area contributed by atoms with Crippen LogP contribution >= 0.6 is 126 Å². The van der Waals surface area contributed by atoms with Crippen LogP contribution in [0, 0.1) is 10.7 Å². The molecule has 7 heterocycles. The SMILES string of the molecule is C.C.C.C.C.CC(O)c1cc(I)c(O)c(Cl)n1.CCC(=O)COc1c(I)cc(C(C)O)nc1Cl.CCC(COc1c(I)cc(C(C)O)nc1Cl)=NS(=O)C(C)(C)C.CCC1(NS(=O)C(C)(C)C)COc2c1cc(C(C)=O)nc2Cl.CCC1(NS(=O)C(C)(C)C)COc2c1cc(C(C)O)nc2Cl. The molecule has 0 bridgehead atoms. The molecular formula is C68H106Cl5I3N8O14S3. The molecule has 5 aromatic heterocycles. The van der Waals surface area contributed by atoms with Crippen molar-refractivity contribution >= 4 is 176 Å². The van der Waals surface area contributed by atoms with Gasteiger partial charge in [-0.3, -0.25) is 9.59 Å². The van der Waals surface area contributed by atoms with E-state index in [1.54, 1.807) is 65.0 Å². The van der Waals surface area contributed by atoms with Crippen LogP contribution in [0.2, 0.25) is 25.8 Å². The highest BCUT2D eigenvalue weighted by Crippen LogP contribution is 2.46. The van der Waals surface area contributed by atoms with E-state index in [1.165, 1.54) is 6.92 Å². The van der Waals surface area contributed by atoms with E-state index in [-0.39, 0.29) is 99.1 Å². The molecule has 101 heavy (non-hydrogen) atoms. The van der Waals surface area contributed by atoms with E-state index in [0.717, 1.165) is 18.3 Å². The smallest absolute Gasteiger partial charge is 0.178 e. The maximum atomic E-state index is 12.5. The van der Waals surface area contributed by atoms with Gasteiger partial charge in [-0.2, -0.15) is 4.40 Å². The molecule has 22 nitrogen and oxygen atoms in total. The first-order valence-electron chi connectivity index (χ1n) is 30.1. The van der Waals surface area contributed by atoms with Crippen molar-refractivity contribution in [3.8, 4) is 28.7 Å². The largest absolute Gasteiger partial charge is 0.504 e. The fraction of sp³-hybridized carbons (Fsp3) is 0.588. The van der Waals surface area contributed by atoms with Gasteiger partial charge in [-0.1, -0.05) is 123 Å². The standard InChI is InChI=1S/C15H22ClIN2O3S.C15H23ClN2O3S.C15H21ClN2O3S.C11H13ClINO3.C7H7ClINO2.5CH4/c1-6-10(19-23(21)15(3,4)5)8-22-13-11(17)7-12(9(2)20)18-14(13)16;2*1-6-15(18-22(20)14(3,4)5)8-21-12-10(15)7-11(9(2)19)17-13(12)16;1-3-7(16)5-17-10-8(13)4-9(6(2)15)14-11(10)12;1-3(11)5-2-4(9)6(12)7(8)10-5;;;;;/h7,9,20H,6,8H2,1-5H3;7,9,18-19H,6,8H2,1-5H3;7,18H,6,8H2,1-5H3;4,6,15H,3,5H2,1-2H3;2-3,11-12H,1H3;5*1H4. The van der Waals surface area contributed by atoms with Gasteiger partial charge < -0.3 is 44.5 Å². The fourth-order valence-electron chi connectivity index (χ4n) is 7.74. The second-order valence-corrected chi connectivity index (χ2v) is 36.0. The predicted octanol–water partition coefficient (Wildman–Crippen LogP) is 17.9. The van der Waals surface area contributed by atoms with Gasteiger partial charge in [0.25, 0.3) is 0 Å². The Balaban J connectivity index is -0.00000119. The highest BCUT2D eigenvalue weighted by Gasteiger charge is 2.46. The van der Waals surface area contributed by atoms with Gasteiger partial charge in [0.2, 0.25) is 0 Å². The zero-order chi connectivity index (χ0) is 73.5. The highest BCUT2D eigenvalue weighted by atomic mass is 127. The molecule has 0 aromatic carbocycles. The van der Waals surface area contributed by atoms with Crippen molar-refractivity contribution in [2.75, 3.05) is 26.4 Å². The zero-order valence-corrected chi connectivity index (χ0v) is 69.4. The number of ketones is 2. The van der Waals surface area contributed by atoms with Crippen LogP contribution in [0.4, 0.5) is 0 Å². The summed E-state index contributed by atoms with van der Waals surface area (Å²) in [5.41, 5.74) is 3.23. The number of ether oxygens (including phenoxy) is 4. The molecule has 0 saturated carbocycles. The van der Waals surface area contributed by atoms with Crippen LogP contribution < -0.4 is 28.4 Å². The van der Waals surface area contributed by atoms with E-state index < -0.39 is 82.7 Å². The first-order valence-corrected chi connectivity index (χ1v) is 38.6. The minimum absolute atomic E-state index is 0. The van der Waals surface area contributed by atoms with E-state index in [4.69, 9.17) is 82.1 Å². The molecule has 0 spiro atoms. The molecule has 0 radical (unpaired) electrons. The zero-order valence-electron chi connectivity index (χ0n) is 56.7. The molecule has 9 unspecified atom stereocenters. The van der Waals surface area contributed by atoms with E-state index in [9.17, 15) is 42.6 Å². The normalized spacial score (nSPS) is 17.1. The number of carbonyl (C=O) groups excluding carboxylic acids is 2. The number of pyridine rings is 5. The number of hydrogen-bond donors (Lipinski definition) is 7. The number of Topliss-reactive ketones (excluding diaryl/α,β-unsaturated/α-hetero) is 2. The Morgan fingerprint density at radius 1 is 0.554 bits per heavy atom. The Morgan fingerprint density at radius 2 is 0.901 bits per heavy atom. The summed E-state index contributed by atoms with van der Waals surface area (Å²) in [6.07, 6.45) is -0.393. The Bertz CT molecular complexity index is 3590. The van der Waals surface area contributed by atoms with Crippen molar-refractivity contribution in [2.24, 2.45) is 4.40 Å². The second kappa shape index (κ2) is 44.8. The monoisotopic (exact) mass is 1910 g/mol. The van der Waals surface area contributed by atoms with Gasteiger partial charge in [0.15, 0.2) is 66.1 Å². The van der Waals surface area contributed by atoms with E-state index in [1.807, 2.05) is 128 Å². The number of hydrogen-bond acceptors (Lipinski definition) is 19. The lowest BCUT2D eigenvalue weighted by molar-refractivity contribution is -0.120. The Kier molecular flexibility index (Phi) is 45.6. The third-order valence-corrected chi connectivity index (χ3v) is 22.4. The lowest BCUT2D eigenvalue weighted by Gasteiger charge is -2.31. The second-order valence-electron chi connectivity index (χ2n) is 24.9. The lowest BCUT2D eigenvalue weighted by atomic mass is 9.90. The van der Waals surface area contributed by atoms with Crippen molar-refractivity contribution in [3.63, 3.8) is 0 Å².